The number of carbonyl (C=O) groups excluding carboxylic acids is 2. The number of halogens is 2. The van der Waals surface area contributed by atoms with Crippen LogP contribution in [0.15, 0.2) is 42.5 Å². The summed E-state index contributed by atoms with van der Waals surface area (Å²) < 4.78 is 32.5. The maximum Gasteiger partial charge on any atom is 0.251 e. The summed E-state index contributed by atoms with van der Waals surface area (Å²) in [5.74, 6) is -0.937. The number of carbonyl (C=O) groups is 2. The second-order valence-electron chi connectivity index (χ2n) is 8.11. The van der Waals surface area contributed by atoms with Gasteiger partial charge in [-0.25, -0.2) is 8.78 Å². The Morgan fingerprint density at radius 3 is 2.77 bits per heavy atom. The maximum atomic E-state index is 13.9. The minimum Gasteiger partial charge on any atom is -0.497 e. The summed E-state index contributed by atoms with van der Waals surface area (Å²) in [7, 11) is 1.46. The van der Waals surface area contributed by atoms with Crippen LogP contribution in [0.5, 0.6) is 5.75 Å². The SMILES string of the molecule is COc1cc(F)cc(N2CCC3(CCCC(NC(=O)c4cccc(F)c4)C3)C2=O)c1. The Hall–Kier alpha value is -2.96. The minimum atomic E-state index is -0.572. The quantitative estimate of drug-likeness (QED) is 0.821. The molecule has 1 heterocycles. The molecule has 2 aromatic carbocycles. The molecule has 0 radical (unpaired) electrons. The fourth-order valence-corrected chi connectivity index (χ4v) is 4.69. The Kier molecular flexibility index (Phi) is 5.45. The van der Waals surface area contributed by atoms with Crippen molar-refractivity contribution in [3.05, 3.63) is 59.7 Å². The number of rotatable bonds is 4. The summed E-state index contributed by atoms with van der Waals surface area (Å²) >= 11 is 0. The van der Waals surface area contributed by atoms with Crippen LogP contribution >= 0.6 is 0 Å². The van der Waals surface area contributed by atoms with Gasteiger partial charge in [-0.2, -0.15) is 0 Å². The maximum absolute atomic E-state index is 13.9. The van der Waals surface area contributed by atoms with E-state index in [-0.39, 0.29) is 23.4 Å². The van der Waals surface area contributed by atoms with E-state index in [1.807, 2.05) is 0 Å². The van der Waals surface area contributed by atoms with Crippen LogP contribution in [0.1, 0.15) is 42.5 Å². The van der Waals surface area contributed by atoms with Gasteiger partial charge in [0.25, 0.3) is 5.91 Å². The Morgan fingerprint density at radius 1 is 1.17 bits per heavy atom. The molecule has 1 aliphatic heterocycles. The second kappa shape index (κ2) is 8.05. The fourth-order valence-electron chi connectivity index (χ4n) is 4.69. The van der Waals surface area contributed by atoms with E-state index in [0.29, 0.717) is 30.8 Å². The van der Waals surface area contributed by atoms with E-state index in [2.05, 4.69) is 5.32 Å². The number of hydrogen-bond donors (Lipinski definition) is 1. The zero-order valence-corrected chi connectivity index (χ0v) is 16.8. The zero-order valence-electron chi connectivity index (χ0n) is 16.8. The highest BCUT2D eigenvalue weighted by atomic mass is 19.1. The lowest BCUT2D eigenvalue weighted by atomic mass is 9.71. The Bertz CT molecular complexity index is 981. The molecule has 158 valence electrons. The number of nitrogens with one attached hydrogen (secondary N) is 1. The molecule has 2 aliphatic rings. The predicted octanol–water partition coefficient (Wildman–Crippen LogP) is 4.07. The summed E-state index contributed by atoms with van der Waals surface area (Å²) in [5.41, 5.74) is 0.179. The average Bonchev–Trinajstić information content (AvgIpc) is 3.03. The van der Waals surface area contributed by atoms with Crippen molar-refractivity contribution in [2.24, 2.45) is 5.41 Å². The molecule has 7 heteroatoms. The van der Waals surface area contributed by atoms with Gasteiger partial charge >= 0.3 is 0 Å². The summed E-state index contributed by atoms with van der Waals surface area (Å²) in [5, 5.41) is 2.96. The van der Waals surface area contributed by atoms with Gasteiger partial charge in [0, 0.05) is 30.3 Å². The van der Waals surface area contributed by atoms with E-state index < -0.39 is 17.0 Å². The van der Waals surface area contributed by atoms with Gasteiger partial charge in [0.05, 0.1) is 18.2 Å². The van der Waals surface area contributed by atoms with Crippen molar-refractivity contribution in [3.8, 4) is 5.75 Å². The topological polar surface area (TPSA) is 58.6 Å². The van der Waals surface area contributed by atoms with Gasteiger partial charge in [0.15, 0.2) is 0 Å². The third kappa shape index (κ3) is 3.88. The number of nitrogens with zero attached hydrogens (tertiary/aromatic N) is 1. The molecule has 5 nitrogen and oxygen atoms in total. The first-order chi connectivity index (χ1) is 14.4. The van der Waals surface area contributed by atoms with Gasteiger partial charge in [-0.1, -0.05) is 12.5 Å². The number of ether oxygens (including phenoxy) is 1. The first kappa shape index (κ1) is 20.3. The Labute approximate surface area is 174 Å². The summed E-state index contributed by atoms with van der Waals surface area (Å²) in [6.07, 6.45) is 3.48. The highest BCUT2D eigenvalue weighted by Gasteiger charge is 2.49. The molecule has 1 aliphatic carbocycles. The van der Waals surface area contributed by atoms with Crippen LogP contribution in [-0.2, 0) is 4.79 Å². The number of methoxy groups -OCH3 is 1. The minimum absolute atomic E-state index is 0.0418. The van der Waals surface area contributed by atoms with Gasteiger partial charge in [0.1, 0.15) is 17.4 Å². The van der Waals surface area contributed by atoms with Crippen molar-refractivity contribution < 1.29 is 23.1 Å². The Balaban J connectivity index is 1.49. The number of amides is 2. The van der Waals surface area contributed by atoms with E-state index in [1.54, 1.807) is 17.0 Å². The molecule has 2 amide bonds. The van der Waals surface area contributed by atoms with Crippen molar-refractivity contribution in [1.29, 1.82) is 0 Å². The molecule has 1 saturated heterocycles. The standard InChI is InChI=1S/C23H24F2N2O3/c1-30-20-12-17(25)11-19(13-20)27-9-8-23(22(27)29)7-3-6-18(14-23)26-21(28)15-4-2-5-16(24)10-15/h2,4-5,10-13,18H,3,6-9,14H2,1H3,(H,26,28). The lowest BCUT2D eigenvalue weighted by Crippen LogP contribution is -2.46. The van der Waals surface area contributed by atoms with Crippen molar-refractivity contribution in [3.63, 3.8) is 0 Å². The summed E-state index contributed by atoms with van der Waals surface area (Å²) in [6, 6.07) is 9.67. The van der Waals surface area contributed by atoms with Crippen molar-refractivity contribution >= 4 is 17.5 Å². The lowest BCUT2D eigenvalue weighted by Gasteiger charge is -2.37. The predicted molar refractivity (Wildman–Crippen MR) is 108 cm³/mol. The highest BCUT2D eigenvalue weighted by molar-refractivity contribution is 6.00. The van der Waals surface area contributed by atoms with Gasteiger partial charge < -0.3 is 15.0 Å². The van der Waals surface area contributed by atoms with E-state index in [1.165, 1.54) is 37.4 Å². The van der Waals surface area contributed by atoms with Crippen LogP contribution in [0.25, 0.3) is 0 Å². The van der Waals surface area contributed by atoms with Crippen molar-refractivity contribution in [1.82, 2.24) is 5.32 Å². The molecule has 2 fully saturated rings. The average molecular weight is 414 g/mol. The molecule has 4 rings (SSSR count). The number of hydrogen-bond acceptors (Lipinski definition) is 3. The van der Waals surface area contributed by atoms with Crippen LogP contribution in [0.3, 0.4) is 0 Å². The lowest BCUT2D eigenvalue weighted by molar-refractivity contribution is -0.127. The first-order valence-corrected chi connectivity index (χ1v) is 10.1. The number of benzene rings is 2. The molecule has 2 unspecified atom stereocenters. The molecule has 1 saturated carbocycles. The van der Waals surface area contributed by atoms with E-state index in [9.17, 15) is 18.4 Å². The summed E-state index contributed by atoms with van der Waals surface area (Å²) in [6.45, 7) is 0.496. The van der Waals surface area contributed by atoms with Gasteiger partial charge in [-0.05, 0) is 49.9 Å². The van der Waals surface area contributed by atoms with Crippen LogP contribution in [-0.4, -0.2) is 31.5 Å². The van der Waals surface area contributed by atoms with Gasteiger partial charge in [0.2, 0.25) is 5.91 Å². The zero-order chi connectivity index (χ0) is 21.3. The van der Waals surface area contributed by atoms with Crippen LogP contribution in [0.2, 0.25) is 0 Å². The molecule has 2 atom stereocenters. The third-order valence-corrected chi connectivity index (χ3v) is 6.18. The van der Waals surface area contributed by atoms with E-state index in [0.717, 1.165) is 19.3 Å². The molecule has 2 aromatic rings. The molecule has 30 heavy (non-hydrogen) atoms. The van der Waals surface area contributed by atoms with Crippen LogP contribution < -0.4 is 15.0 Å². The van der Waals surface area contributed by atoms with Crippen molar-refractivity contribution in [2.75, 3.05) is 18.6 Å². The fraction of sp³-hybridized carbons (Fsp3) is 0.391. The highest BCUT2D eigenvalue weighted by Crippen LogP contribution is 2.46. The van der Waals surface area contributed by atoms with Crippen LogP contribution in [0.4, 0.5) is 14.5 Å². The Morgan fingerprint density at radius 2 is 2.00 bits per heavy atom. The smallest absolute Gasteiger partial charge is 0.251 e. The van der Waals surface area contributed by atoms with E-state index >= 15 is 0 Å². The van der Waals surface area contributed by atoms with Crippen LogP contribution in [0, 0.1) is 17.0 Å². The van der Waals surface area contributed by atoms with E-state index in [4.69, 9.17) is 4.74 Å². The molecule has 1 N–H and O–H groups in total. The molecule has 1 spiro atoms. The van der Waals surface area contributed by atoms with Gasteiger partial charge in [-0.3, -0.25) is 9.59 Å². The summed E-state index contributed by atoms with van der Waals surface area (Å²) in [4.78, 5) is 27.5. The molecular weight excluding hydrogens is 390 g/mol. The molecular formula is C23H24F2N2O3. The normalized spacial score (nSPS) is 23.6. The first-order valence-electron chi connectivity index (χ1n) is 10.1. The third-order valence-electron chi connectivity index (χ3n) is 6.18. The molecule has 0 bridgehead atoms. The monoisotopic (exact) mass is 414 g/mol. The molecule has 0 aromatic heterocycles. The second-order valence-corrected chi connectivity index (χ2v) is 8.11. The largest absolute Gasteiger partial charge is 0.497 e. The van der Waals surface area contributed by atoms with Crippen molar-refractivity contribution in [2.45, 2.75) is 38.1 Å². The van der Waals surface area contributed by atoms with Gasteiger partial charge in [-0.15, -0.1) is 0 Å². The number of anilines is 1.